The number of piperazine rings is 1. The minimum atomic E-state index is -1.05. The normalized spacial score (nSPS) is 15.0. The fourth-order valence-corrected chi connectivity index (χ4v) is 4.25. The van der Waals surface area contributed by atoms with Crippen LogP contribution in [0, 0.1) is 0 Å². The van der Waals surface area contributed by atoms with Crippen LogP contribution in [-0.4, -0.2) is 84.6 Å². The average molecular weight is 535 g/mol. The van der Waals surface area contributed by atoms with E-state index in [4.69, 9.17) is 14.2 Å². The third kappa shape index (κ3) is 6.61. The van der Waals surface area contributed by atoms with Gasteiger partial charge in [0.05, 0.1) is 32.3 Å². The van der Waals surface area contributed by atoms with Gasteiger partial charge in [-0.1, -0.05) is 42.5 Å². The van der Waals surface area contributed by atoms with Crippen molar-refractivity contribution in [1.82, 2.24) is 20.1 Å². The molecule has 11 nitrogen and oxygen atoms in total. The Morgan fingerprint density at radius 3 is 2.49 bits per heavy atom. The molecule has 0 aliphatic carbocycles. The van der Waals surface area contributed by atoms with E-state index >= 15 is 0 Å². The summed E-state index contributed by atoms with van der Waals surface area (Å²) in [5.74, 6) is -1.12. The zero-order valence-corrected chi connectivity index (χ0v) is 21.8. The number of methoxy groups -OCH3 is 1. The molecular weight excluding hydrogens is 504 g/mol. The molecule has 204 valence electrons. The number of fused-ring (bicyclic) bond motifs is 1. The summed E-state index contributed by atoms with van der Waals surface area (Å²) in [7, 11) is 1.50. The van der Waals surface area contributed by atoms with Crippen molar-refractivity contribution in [3.63, 3.8) is 0 Å². The molecule has 3 aromatic rings. The highest BCUT2D eigenvalue weighted by atomic mass is 16.6. The first-order valence-electron chi connectivity index (χ1n) is 12.5. The number of ether oxygens (including phenoxy) is 3. The number of benzene rings is 2. The number of esters is 1. The molecule has 3 amide bonds. The van der Waals surface area contributed by atoms with Gasteiger partial charge in [0.2, 0.25) is 5.91 Å². The van der Waals surface area contributed by atoms with Crippen molar-refractivity contribution in [1.29, 1.82) is 0 Å². The summed E-state index contributed by atoms with van der Waals surface area (Å²) in [6.45, 7) is 1.67. The lowest BCUT2D eigenvalue weighted by atomic mass is 10.1. The van der Waals surface area contributed by atoms with Crippen molar-refractivity contribution in [3.05, 3.63) is 71.9 Å². The molecule has 1 atom stereocenters. The average Bonchev–Trinajstić information content (AvgIpc) is 2.98. The van der Waals surface area contributed by atoms with Gasteiger partial charge in [-0.2, -0.15) is 0 Å². The number of amides is 3. The molecule has 0 saturated carbocycles. The number of para-hydroxylation sites is 1. The second-order valence-electron chi connectivity index (χ2n) is 8.75. The van der Waals surface area contributed by atoms with E-state index in [2.05, 4.69) is 10.3 Å². The number of nitrogens with one attached hydrogen (secondary N) is 1. The highest BCUT2D eigenvalue weighted by molar-refractivity contribution is 5.98. The Morgan fingerprint density at radius 1 is 1.00 bits per heavy atom. The second kappa shape index (κ2) is 12.7. The van der Waals surface area contributed by atoms with Gasteiger partial charge in [0, 0.05) is 24.5 Å². The van der Waals surface area contributed by atoms with Gasteiger partial charge < -0.3 is 24.4 Å². The fraction of sp³-hybridized carbons (Fsp3) is 0.321. The lowest BCUT2D eigenvalue weighted by Gasteiger charge is -2.39. The number of pyridine rings is 1. The molecule has 4 rings (SSSR count). The monoisotopic (exact) mass is 534 g/mol. The van der Waals surface area contributed by atoms with E-state index in [1.165, 1.54) is 23.0 Å². The van der Waals surface area contributed by atoms with E-state index in [0.29, 0.717) is 11.3 Å². The molecule has 1 aliphatic heterocycles. The summed E-state index contributed by atoms with van der Waals surface area (Å²) >= 11 is 0. The fourth-order valence-electron chi connectivity index (χ4n) is 4.25. The largest absolute Gasteiger partial charge is 0.496 e. The Hall–Kier alpha value is -4.67. The molecule has 1 unspecified atom stereocenters. The molecule has 1 fully saturated rings. The smallest absolute Gasteiger partial charge is 0.410 e. The predicted octanol–water partition coefficient (Wildman–Crippen LogP) is 2.39. The highest BCUT2D eigenvalue weighted by Crippen LogP contribution is 2.25. The molecule has 0 radical (unpaired) electrons. The molecule has 1 N–H and O–H groups in total. The van der Waals surface area contributed by atoms with Crippen molar-refractivity contribution in [2.24, 2.45) is 0 Å². The number of hydrogen-bond donors (Lipinski definition) is 1. The molecule has 39 heavy (non-hydrogen) atoms. The van der Waals surface area contributed by atoms with Gasteiger partial charge >= 0.3 is 12.1 Å². The zero-order valence-electron chi connectivity index (χ0n) is 21.8. The van der Waals surface area contributed by atoms with Gasteiger partial charge in [0.1, 0.15) is 18.1 Å². The van der Waals surface area contributed by atoms with Crippen LogP contribution in [0.1, 0.15) is 23.0 Å². The van der Waals surface area contributed by atoms with Gasteiger partial charge in [0.15, 0.2) is 6.04 Å². The molecular formula is C28H30N4O7. The topological polar surface area (TPSA) is 127 Å². The maximum Gasteiger partial charge on any atom is 0.410 e. The number of carbonyl (C=O) groups excluding carboxylic acids is 4. The van der Waals surface area contributed by atoms with Crippen molar-refractivity contribution < 1.29 is 33.4 Å². The molecule has 1 aromatic heterocycles. The molecule has 11 heteroatoms. The molecule has 0 bridgehead atoms. The molecule has 1 saturated heterocycles. The summed E-state index contributed by atoms with van der Waals surface area (Å²) < 4.78 is 15.9. The van der Waals surface area contributed by atoms with E-state index in [9.17, 15) is 19.2 Å². The number of nitrogens with zero attached hydrogens (tertiary/aromatic N) is 3. The van der Waals surface area contributed by atoms with Crippen LogP contribution in [0.25, 0.3) is 10.9 Å². The lowest BCUT2D eigenvalue weighted by molar-refractivity contribution is -0.154. The summed E-state index contributed by atoms with van der Waals surface area (Å²) in [5.41, 5.74) is 1.48. The van der Waals surface area contributed by atoms with E-state index in [0.717, 1.165) is 10.9 Å². The van der Waals surface area contributed by atoms with Crippen molar-refractivity contribution in [2.75, 3.05) is 39.9 Å². The summed E-state index contributed by atoms with van der Waals surface area (Å²) in [5, 5.41) is 3.35. The molecule has 2 aromatic carbocycles. The Balaban J connectivity index is 1.40. The van der Waals surface area contributed by atoms with E-state index in [1.807, 2.05) is 42.5 Å². The summed E-state index contributed by atoms with van der Waals surface area (Å²) in [6, 6.07) is 16.8. The number of rotatable bonds is 8. The van der Waals surface area contributed by atoms with Gasteiger partial charge in [-0.25, -0.2) is 14.6 Å². The minimum Gasteiger partial charge on any atom is -0.496 e. The van der Waals surface area contributed by atoms with Gasteiger partial charge in [-0.05, 0) is 24.6 Å². The second-order valence-corrected chi connectivity index (χ2v) is 8.75. The molecule has 2 heterocycles. The SMILES string of the molecule is CCOC(=O)N1CCN(C(=O)CNC(=O)c2cc(OC)c3ccccc3n2)CC1C(=O)OCc1ccccc1. The van der Waals surface area contributed by atoms with Crippen LogP contribution in [0.2, 0.25) is 0 Å². The number of carbonyl (C=O) groups is 4. The molecule has 1 aliphatic rings. The number of aromatic nitrogens is 1. The minimum absolute atomic E-state index is 0.0268. The van der Waals surface area contributed by atoms with Crippen LogP contribution in [0.5, 0.6) is 5.75 Å². The van der Waals surface area contributed by atoms with Crippen LogP contribution >= 0.6 is 0 Å². The Morgan fingerprint density at radius 2 is 1.74 bits per heavy atom. The maximum atomic E-state index is 13.0. The molecule has 0 spiro atoms. The van der Waals surface area contributed by atoms with Crippen molar-refractivity contribution in [2.45, 2.75) is 19.6 Å². The van der Waals surface area contributed by atoms with E-state index in [-0.39, 0.29) is 45.1 Å². The van der Waals surface area contributed by atoms with Crippen LogP contribution in [0.3, 0.4) is 0 Å². The first kappa shape index (κ1) is 27.4. The van der Waals surface area contributed by atoms with E-state index < -0.39 is 29.9 Å². The Labute approximate surface area is 225 Å². The maximum absolute atomic E-state index is 13.0. The van der Waals surface area contributed by atoms with Gasteiger partial charge in [-0.15, -0.1) is 0 Å². The third-order valence-corrected chi connectivity index (χ3v) is 6.26. The first-order valence-corrected chi connectivity index (χ1v) is 12.5. The lowest BCUT2D eigenvalue weighted by Crippen LogP contribution is -2.60. The van der Waals surface area contributed by atoms with Crippen LogP contribution < -0.4 is 10.1 Å². The van der Waals surface area contributed by atoms with Gasteiger partial charge in [0.25, 0.3) is 5.91 Å². The van der Waals surface area contributed by atoms with Gasteiger partial charge in [-0.3, -0.25) is 14.5 Å². The third-order valence-electron chi connectivity index (χ3n) is 6.26. The Kier molecular flexibility index (Phi) is 8.93. The quantitative estimate of drug-likeness (QED) is 0.437. The van der Waals surface area contributed by atoms with Crippen molar-refractivity contribution >= 4 is 34.8 Å². The zero-order chi connectivity index (χ0) is 27.8. The number of hydrogen-bond acceptors (Lipinski definition) is 8. The summed E-state index contributed by atoms with van der Waals surface area (Å²) in [6.07, 6.45) is -0.657. The van der Waals surface area contributed by atoms with E-state index in [1.54, 1.807) is 19.1 Å². The Bertz CT molecular complexity index is 1350. The standard InChI is InChI=1S/C28H30N4O7/c1-3-38-28(36)32-14-13-31(17-23(32)27(35)39-18-19-9-5-4-6-10-19)25(33)16-29-26(34)22-15-24(37-2)20-11-7-8-12-21(20)30-22/h4-12,15,23H,3,13-14,16-18H2,1-2H3,(H,29,34). The predicted molar refractivity (Wildman–Crippen MR) is 141 cm³/mol. The van der Waals surface area contributed by atoms with Crippen molar-refractivity contribution in [3.8, 4) is 5.75 Å². The van der Waals surface area contributed by atoms with Crippen LogP contribution in [0.4, 0.5) is 4.79 Å². The first-order chi connectivity index (χ1) is 18.9. The van der Waals surface area contributed by atoms with Crippen LogP contribution in [-0.2, 0) is 25.7 Å². The van der Waals surface area contributed by atoms with Crippen LogP contribution in [0.15, 0.2) is 60.7 Å². The highest BCUT2D eigenvalue weighted by Gasteiger charge is 2.38. The summed E-state index contributed by atoms with van der Waals surface area (Å²) in [4.78, 5) is 58.3.